The van der Waals surface area contributed by atoms with E-state index in [2.05, 4.69) is 6.92 Å². The largest absolute Gasteiger partial charge is 0.373 e. The molecule has 2 nitrogen and oxygen atoms in total. The third-order valence-electron chi connectivity index (χ3n) is 7.38. The molecule has 1 saturated carbocycles. The SMILES string of the molecule is CCCc1ccc(-c2ccc(COC3CCC(c4ccc(C5CO5)c(F)c4F)CC3)c(F)c2F)cc1. The summed E-state index contributed by atoms with van der Waals surface area (Å²) in [4.78, 5) is 0. The summed E-state index contributed by atoms with van der Waals surface area (Å²) in [6, 6.07) is 14.0. The topological polar surface area (TPSA) is 21.8 Å². The van der Waals surface area contributed by atoms with Crippen LogP contribution in [0.2, 0.25) is 0 Å². The van der Waals surface area contributed by atoms with E-state index in [4.69, 9.17) is 9.47 Å². The van der Waals surface area contributed by atoms with Crippen molar-refractivity contribution in [2.24, 2.45) is 0 Å². The van der Waals surface area contributed by atoms with Crippen LogP contribution < -0.4 is 0 Å². The Morgan fingerprint density at radius 2 is 1.44 bits per heavy atom. The number of benzene rings is 3. The second-order valence-corrected chi connectivity index (χ2v) is 9.83. The Balaban J connectivity index is 1.18. The number of epoxide rings is 1. The Bertz CT molecular complexity index is 1210. The molecule has 190 valence electrons. The number of hydrogen-bond donors (Lipinski definition) is 0. The highest BCUT2D eigenvalue weighted by Crippen LogP contribution is 2.39. The summed E-state index contributed by atoms with van der Waals surface area (Å²) in [7, 11) is 0. The molecule has 1 saturated heterocycles. The van der Waals surface area contributed by atoms with Crippen molar-refractivity contribution in [1.82, 2.24) is 0 Å². The molecule has 0 aromatic heterocycles. The predicted molar refractivity (Wildman–Crippen MR) is 131 cm³/mol. The van der Waals surface area contributed by atoms with Crippen LogP contribution in [0, 0.1) is 23.3 Å². The van der Waals surface area contributed by atoms with E-state index in [-0.39, 0.29) is 41.4 Å². The molecule has 5 rings (SSSR count). The molecule has 1 unspecified atom stereocenters. The van der Waals surface area contributed by atoms with Gasteiger partial charge in [0.25, 0.3) is 0 Å². The van der Waals surface area contributed by atoms with Gasteiger partial charge in [-0.25, -0.2) is 17.6 Å². The molecule has 0 radical (unpaired) electrons. The van der Waals surface area contributed by atoms with Gasteiger partial charge in [-0.2, -0.15) is 0 Å². The van der Waals surface area contributed by atoms with Crippen molar-refractivity contribution < 1.29 is 27.0 Å². The Kier molecular flexibility index (Phi) is 7.44. The summed E-state index contributed by atoms with van der Waals surface area (Å²) in [6.45, 7) is 2.49. The number of rotatable bonds is 8. The van der Waals surface area contributed by atoms with Gasteiger partial charge < -0.3 is 9.47 Å². The molecular formula is C30H30F4O2. The Labute approximate surface area is 209 Å². The zero-order chi connectivity index (χ0) is 25.2. The molecule has 1 aliphatic heterocycles. The molecule has 0 N–H and O–H groups in total. The first-order chi connectivity index (χ1) is 17.5. The van der Waals surface area contributed by atoms with Gasteiger partial charge in [-0.3, -0.25) is 0 Å². The van der Waals surface area contributed by atoms with Gasteiger partial charge in [-0.15, -0.1) is 0 Å². The normalized spacial score (nSPS) is 21.5. The zero-order valence-electron chi connectivity index (χ0n) is 20.3. The maximum absolute atomic E-state index is 14.8. The lowest BCUT2D eigenvalue weighted by molar-refractivity contribution is 0.0116. The van der Waals surface area contributed by atoms with Crippen molar-refractivity contribution in [3.8, 4) is 11.1 Å². The monoisotopic (exact) mass is 498 g/mol. The summed E-state index contributed by atoms with van der Waals surface area (Å²) >= 11 is 0. The first-order valence-electron chi connectivity index (χ1n) is 12.7. The fraction of sp³-hybridized carbons (Fsp3) is 0.400. The molecule has 3 aromatic rings. The summed E-state index contributed by atoms with van der Waals surface area (Å²) in [5, 5.41) is 0. The van der Waals surface area contributed by atoms with E-state index in [1.165, 1.54) is 5.56 Å². The minimum atomic E-state index is -0.893. The van der Waals surface area contributed by atoms with Crippen molar-refractivity contribution >= 4 is 0 Å². The summed E-state index contributed by atoms with van der Waals surface area (Å²) < 4.78 is 69.7. The molecular weight excluding hydrogens is 468 g/mol. The molecule has 1 heterocycles. The molecule has 36 heavy (non-hydrogen) atoms. The lowest BCUT2D eigenvalue weighted by Crippen LogP contribution is -2.22. The third kappa shape index (κ3) is 5.21. The molecule has 1 aliphatic carbocycles. The first-order valence-corrected chi connectivity index (χ1v) is 12.7. The summed E-state index contributed by atoms with van der Waals surface area (Å²) in [6.07, 6.45) is 4.08. The highest BCUT2D eigenvalue weighted by atomic mass is 19.2. The minimum absolute atomic E-state index is 0.0348. The lowest BCUT2D eigenvalue weighted by Gasteiger charge is -2.29. The van der Waals surface area contributed by atoms with Crippen molar-refractivity contribution in [1.29, 1.82) is 0 Å². The molecule has 2 fully saturated rings. The fourth-order valence-electron chi connectivity index (χ4n) is 5.18. The van der Waals surface area contributed by atoms with E-state index in [1.807, 2.05) is 24.3 Å². The average Bonchev–Trinajstić information content (AvgIpc) is 3.73. The van der Waals surface area contributed by atoms with Crippen molar-refractivity contribution in [3.63, 3.8) is 0 Å². The lowest BCUT2D eigenvalue weighted by atomic mass is 9.82. The van der Waals surface area contributed by atoms with Crippen molar-refractivity contribution in [2.75, 3.05) is 6.61 Å². The first kappa shape index (κ1) is 25.0. The maximum atomic E-state index is 14.8. The van der Waals surface area contributed by atoms with Crippen molar-refractivity contribution in [3.05, 3.63) is 94.1 Å². The van der Waals surface area contributed by atoms with Crippen LogP contribution in [0.3, 0.4) is 0 Å². The van der Waals surface area contributed by atoms with Crippen LogP contribution in [0.1, 0.15) is 73.3 Å². The van der Waals surface area contributed by atoms with Gasteiger partial charge in [0.15, 0.2) is 23.3 Å². The average molecular weight is 499 g/mol. The van der Waals surface area contributed by atoms with Crippen LogP contribution in [0.25, 0.3) is 11.1 Å². The number of aryl methyl sites for hydroxylation is 1. The molecule has 0 bridgehead atoms. The minimum Gasteiger partial charge on any atom is -0.373 e. The van der Waals surface area contributed by atoms with Gasteiger partial charge in [0.2, 0.25) is 0 Å². The zero-order valence-corrected chi connectivity index (χ0v) is 20.3. The van der Waals surface area contributed by atoms with Crippen LogP contribution in [-0.4, -0.2) is 12.7 Å². The second-order valence-electron chi connectivity index (χ2n) is 9.83. The number of halogens is 4. The fourth-order valence-corrected chi connectivity index (χ4v) is 5.18. The highest BCUT2D eigenvalue weighted by molar-refractivity contribution is 5.65. The van der Waals surface area contributed by atoms with Gasteiger partial charge in [0.1, 0.15) is 6.10 Å². The van der Waals surface area contributed by atoms with Gasteiger partial charge in [-0.05, 0) is 54.7 Å². The van der Waals surface area contributed by atoms with E-state index in [9.17, 15) is 17.6 Å². The molecule has 3 aromatic carbocycles. The van der Waals surface area contributed by atoms with E-state index in [0.29, 0.717) is 43.4 Å². The summed E-state index contributed by atoms with van der Waals surface area (Å²) in [5.74, 6) is -3.46. The van der Waals surface area contributed by atoms with Gasteiger partial charge in [-0.1, -0.05) is 61.9 Å². The Morgan fingerprint density at radius 1 is 0.778 bits per heavy atom. The third-order valence-corrected chi connectivity index (χ3v) is 7.38. The standard InChI is InChI=1S/C30H30F4O2/c1-2-3-18-4-6-19(7-5-18)23-13-10-21(27(31)28(23)32)16-35-22-11-8-20(9-12-22)24-14-15-25(26-17-36-26)30(34)29(24)33/h4-7,10,13-15,20,22,26H,2-3,8-9,11-12,16-17H2,1H3. The Hall–Kier alpha value is -2.70. The predicted octanol–water partition coefficient (Wildman–Crippen LogP) is 8.18. The quantitative estimate of drug-likeness (QED) is 0.231. The van der Waals surface area contributed by atoms with Crippen LogP contribution in [-0.2, 0) is 22.5 Å². The molecule has 0 amide bonds. The van der Waals surface area contributed by atoms with E-state index in [1.54, 1.807) is 24.3 Å². The van der Waals surface area contributed by atoms with Crippen LogP contribution in [0.5, 0.6) is 0 Å². The van der Waals surface area contributed by atoms with Crippen LogP contribution in [0.4, 0.5) is 17.6 Å². The highest BCUT2D eigenvalue weighted by Gasteiger charge is 2.32. The maximum Gasteiger partial charge on any atom is 0.167 e. The van der Waals surface area contributed by atoms with Crippen molar-refractivity contribution in [2.45, 2.75) is 70.2 Å². The van der Waals surface area contributed by atoms with E-state index in [0.717, 1.165) is 12.8 Å². The molecule has 6 heteroatoms. The smallest absolute Gasteiger partial charge is 0.167 e. The van der Waals surface area contributed by atoms with Crippen LogP contribution in [0.15, 0.2) is 48.5 Å². The van der Waals surface area contributed by atoms with Gasteiger partial charge >= 0.3 is 0 Å². The number of ether oxygens (including phenoxy) is 2. The van der Waals surface area contributed by atoms with E-state index < -0.39 is 23.3 Å². The van der Waals surface area contributed by atoms with Crippen LogP contribution >= 0.6 is 0 Å². The number of hydrogen-bond acceptors (Lipinski definition) is 2. The molecule has 1 atom stereocenters. The molecule has 0 spiro atoms. The van der Waals surface area contributed by atoms with Gasteiger partial charge in [0.05, 0.1) is 19.3 Å². The van der Waals surface area contributed by atoms with E-state index >= 15 is 0 Å². The summed E-state index contributed by atoms with van der Waals surface area (Å²) in [5.41, 5.74) is 2.88. The Morgan fingerprint density at radius 3 is 2.11 bits per heavy atom. The molecule has 2 aliphatic rings. The van der Waals surface area contributed by atoms with Gasteiger partial charge in [0, 0.05) is 16.7 Å². The second kappa shape index (κ2) is 10.7.